The lowest BCUT2D eigenvalue weighted by Gasteiger charge is -2.33. The highest BCUT2D eigenvalue weighted by molar-refractivity contribution is 5.68. The molecule has 0 spiro atoms. The van der Waals surface area contributed by atoms with Crippen molar-refractivity contribution in [2.75, 3.05) is 26.2 Å². The van der Waals surface area contributed by atoms with Crippen LogP contribution in [0.25, 0.3) is 0 Å². The van der Waals surface area contributed by atoms with Crippen molar-refractivity contribution in [1.82, 2.24) is 10.2 Å². The van der Waals surface area contributed by atoms with Crippen molar-refractivity contribution in [3.05, 3.63) is 0 Å². The van der Waals surface area contributed by atoms with E-state index in [1.807, 2.05) is 32.6 Å². The van der Waals surface area contributed by atoms with Gasteiger partial charge < -0.3 is 20.1 Å². The Morgan fingerprint density at radius 1 is 1.38 bits per heavy atom. The van der Waals surface area contributed by atoms with Gasteiger partial charge in [-0.05, 0) is 65.5 Å². The number of carbonyl (C=O) groups excluding carboxylic acids is 1. The number of carbonyl (C=O) groups is 1. The SMILES string of the molecule is CCC(O)CCNCC1CCN(C(=O)OC(C)(C)C)CC1. The van der Waals surface area contributed by atoms with Crippen LogP contribution in [0, 0.1) is 5.92 Å². The Hall–Kier alpha value is -0.810. The first-order chi connectivity index (χ1) is 9.81. The number of nitrogens with zero attached hydrogens (tertiary/aromatic N) is 1. The number of ether oxygens (including phenoxy) is 1. The smallest absolute Gasteiger partial charge is 0.410 e. The number of likely N-dealkylation sites (tertiary alicyclic amines) is 1. The predicted molar refractivity (Wildman–Crippen MR) is 84.3 cm³/mol. The summed E-state index contributed by atoms with van der Waals surface area (Å²) >= 11 is 0. The number of nitrogens with one attached hydrogen (secondary N) is 1. The zero-order valence-electron chi connectivity index (χ0n) is 14.0. The average Bonchev–Trinajstić information content (AvgIpc) is 2.42. The van der Waals surface area contributed by atoms with Crippen LogP contribution in [-0.2, 0) is 4.74 Å². The first-order valence-corrected chi connectivity index (χ1v) is 8.18. The van der Waals surface area contributed by atoms with E-state index in [4.69, 9.17) is 4.74 Å². The first-order valence-electron chi connectivity index (χ1n) is 8.18. The normalized spacial score (nSPS) is 18.6. The molecule has 0 bridgehead atoms. The number of piperidine rings is 1. The third-order valence-corrected chi connectivity index (χ3v) is 3.82. The van der Waals surface area contributed by atoms with Crippen LogP contribution in [-0.4, -0.2) is 54.0 Å². The molecular weight excluding hydrogens is 268 g/mol. The van der Waals surface area contributed by atoms with E-state index in [9.17, 15) is 9.90 Å². The average molecular weight is 300 g/mol. The van der Waals surface area contributed by atoms with Crippen LogP contribution in [0.5, 0.6) is 0 Å². The van der Waals surface area contributed by atoms with Crippen LogP contribution in [0.15, 0.2) is 0 Å². The van der Waals surface area contributed by atoms with Crippen molar-refractivity contribution in [3.8, 4) is 0 Å². The minimum atomic E-state index is -0.421. The van der Waals surface area contributed by atoms with Gasteiger partial charge in [-0.2, -0.15) is 0 Å². The Morgan fingerprint density at radius 2 is 2.00 bits per heavy atom. The van der Waals surface area contributed by atoms with Gasteiger partial charge in [0.05, 0.1) is 6.10 Å². The summed E-state index contributed by atoms with van der Waals surface area (Å²) in [5, 5.41) is 12.9. The van der Waals surface area contributed by atoms with Gasteiger partial charge in [0.2, 0.25) is 0 Å². The van der Waals surface area contributed by atoms with Gasteiger partial charge in [0.15, 0.2) is 0 Å². The Bertz CT molecular complexity index is 307. The summed E-state index contributed by atoms with van der Waals surface area (Å²) in [6, 6.07) is 0. The maximum Gasteiger partial charge on any atom is 0.410 e. The van der Waals surface area contributed by atoms with E-state index in [-0.39, 0.29) is 12.2 Å². The van der Waals surface area contributed by atoms with Gasteiger partial charge in [-0.25, -0.2) is 4.79 Å². The fourth-order valence-corrected chi connectivity index (χ4v) is 2.43. The molecule has 0 aromatic heterocycles. The molecule has 1 aliphatic rings. The molecule has 0 aromatic rings. The number of rotatable bonds is 6. The fourth-order valence-electron chi connectivity index (χ4n) is 2.43. The molecule has 0 radical (unpaired) electrons. The van der Waals surface area contributed by atoms with Crippen molar-refractivity contribution in [2.45, 2.75) is 65.1 Å². The second kappa shape index (κ2) is 8.59. The molecule has 5 nitrogen and oxygen atoms in total. The van der Waals surface area contributed by atoms with Crippen LogP contribution in [0.4, 0.5) is 4.79 Å². The van der Waals surface area contributed by atoms with Crippen molar-refractivity contribution in [2.24, 2.45) is 5.92 Å². The molecule has 21 heavy (non-hydrogen) atoms. The van der Waals surface area contributed by atoms with Crippen molar-refractivity contribution in [3.63, 3.8) is 0 Å². The quantitative estimate of drug-likeness (QED) is 0.739. The lowest BCUT2D eigenvalue weighted by Crippen LogP contribution is -2.43. The fraction of sp³-hybridized carbons (Fsp3) is 0.938. The molecule has 2 N–H and O–H groups in total. The lowest BCUT2D eigenvalue weighted by molar-refractivity contribution is 0.0183. The molecule has 0 aromatic carbocycles. The highest BCUT2D eigenvalue weighted by atomic mass is 16.6. The molecule has 1 aliphatic heterocycles. The van der Waals surface area contributed by atoms with Gasteiger partial charge in [-0.15, -0.1) is 0 Å². The third kappa shape index (κ3) is 7.67. The maximum absolute atomic E-state index is 11.9. The van der Waals surface area contributed by atoms with E-state index in [1.165, 1.54) is 0 Å². The van der Waals surface area contributed by atoms with E-state index in [2.05, 4.69) is 5.32 Å². The van der Waals surface area contributed by atoms with Gasteiger partial charge in [-0.1, -0.05) is 6.92 Å². The van der Waals surface area contributed by atoms with Crippen LogP contribution in [0.2, 0.25) is 0 Å². The minimum Gasteiger partial charge on any atom is -0.444 e. The van der Waals surface area contributed by atoms with Gasteiger partial charge in [-0.3, -0.25) is 0 Å². The standard InChI is InChI=1S/C16H32N2O3/c1-5-14(19)6-9-17-12-13-7-10-18(11-8-13)15(20)21-16(2,3)4/h13-14,17,19H,5-12H2,1-4H3. The predicted octanol–water partition coefficient (Wildman–Crippen LogP) is 2.38. The van der Waals surface area contributed by atoms with E-state index >= 15 is 0 Å². The second-order valence-corrected chi connectivity index (χ2v) is 6.97. The molecule has 0 aliphatic carbocycles. The largest absolute Gasteiger partial charge is 0.444 e. The highest BCUT2D eigenvalue weighted by Gasteiger charge is 2.26. The van der Waals surface area contributed by atoms with Crippen LogP contribution in [0.1, 0.15) is 53.4 Å². The first kappa shape index (κ1) is 18.2. The molecule has 0 saturated carbocycles. The van der Waals surface area contributed by atoms with Crippen LogP contribution in [0.3, 0.4) is 0 Å². The Labute approximate surface area is 129 Å². The molecule has 1 heterocycles. The third-order valence-electron chi connectivity index (χ3n) is 3.82. The summed E-state index contributed by atoms with van der Waals surface area (Å²) < 4.78 is 5.39. The summed E-state index contributed by atoms with van der Waals surface area (Å²) in [6.07, 6.45) is 3.28. The van der Waals surface area contributed by atoms with Crippen LogP contribution >= 0.6 is 0 Å². The van der Waals surface area contributed by atoms with Crippen molar-refractivity contribution in [1.29, 1.82) is 0 Å². The summed E-state index contributed by atoms with van der Waals surface area (Å²) in [7, 11) is 0. The lowest BCUT2D eigenvalue weighted by atomic mass is 9.97. The number of hydrogen-bond donors (Lipinski definition) is 2. The molecular formula is C16H32N2O3. The molecule has 1 saturated heterocycles. The monoisotopic (exact) mass is 300 g/mol. The van der Waals surface area contributed by atoms with Gasteiger partial charge in [0.25, 0.3) is 0 Å². The molecule has 1 atom stereocenters. The van der Waals surface area contributed by atoms with Gasteiger partial charge in [0.1, 0.15) is 5.60 Å². The summed E-state index contributed by atoms with van der Waals surface area (Å²) in [4.78, 5) is 13.8. The summed E-state index contributed by atoms with van der Waals surface area (Å²) in [6.45, 7) is 11.1. The molecule has 1 unspecified atom stereocenters. The summed E-state index contributed by atoms with van der Waals surface area (Å²) in [5.41, 5.74) is -0.421. The molecule has 124 valence electrons. The Kier molecular flexibility index (Phi) is 7.46. The van der Waals surface area contributed by atoms with Crippen molar-refractivity contribution >= 4 is 6.09 Å². The van der Waals surface area contributed by atoms with E-state index in [0.29, 0.717) is 5.92 Å². The van der Waals surface area contributed by atoms with Crippen LogP contribution < -0.4 is 5.32 Å². The van der Waals surface area contributed by atoms with E-state index < -0.39 is 5.60 Å². The second-order valence-electron chi connectivity index (χ2n) is 6.97. The topological polar surface area (TPSA) is 61.8 Å². The number of aliphatic hydroxyl groups excluding tert-OH is 1. The van der Waals surface area contributed by atoms with E-state index in [0.717, 1.165) is 51.9 Å². The summed E-state index contributed by atoms with van der Waals surface area (Å²) in [5.74, 6) is 0.613. The Morgan fingerprint density at radius 3 is 2.52 bits per heavy atom. The molecule has 5 heteroatoms. The molecule has 1 fully saturated rings. The molecule has 1 rings (SSSR count). The minimum absolute atomic E-state index is 0.188. The van der Waals surface area contributed by atoms with E-state index in [1.54, 1.807) is 0 Å². The van der Waals surface area contributed by atoms with Crippen molar-refractivity contribution < 1.29 is 14.6 Å². The van der Waals surface area contributed by atoms with Gasteiger partial charge >= 0.3 is 6.09 Å². The maximum atomic E-state index is 11.9. The molecule has 1 amide bonds. The zero-order valence-corrected chi connectivity index (χ0v) is 14.0. The Balaban J connectivity index is 2.16. The number of hydrogen-bond acceptors (Lipinski definition) is 4. The highest BCUT2D eigenvalue weighted by Crippen LogP contribution is 2.19. The zero-order chi connectivity index (χ0) is 15.9. The number of aliphatic hydroxyl groups is 1. The van der Waals surface area contributed by atoms with Gasteiger partial charge in [0, 0.05) is 13.1 Å². The number of amides is 1.